The number of hydrogen-bond donors (Lipinski definition) is 1. The first-order valence-electron chi connectivity index (χ1n) is 7.04. The molecule has 0 aliphatic heterocycles. The van der Waals surface area contributed by atoms with Crippen molar-refractivity contribution in [3.63, 3.8) is 0 Å². The van der Waals surface area contributed by atoms with Crippen LogP contribution in [-0.2, 0) is 6.42 Å². The van der Waals surface area contributed by atoms with Gasteiger partial charge in [0.1, 0.15) is 0 Å². The van der Waals surface area contributed by atoms with E-state index in [1.165, 1.54) is 18.2 Å². The van der Waals surface area contributed by atoms with E-state index in [0.29, 0.717) is 23.4 Å². The topological polar surface area (TPSA) is 64.1 Å². The minimum atomic E-state index is -0.165. The van der Waals surface area contributed by atoms with E-state index in [2.05, 4.69) is 39.8 Å². The highest BCUT2D eigenvalue weighted by Gasteiger charge is 2.56. The fourth-order valence-corrected chi connectivity index (χ4v) is 3.32. The molecule has 106 valence electrons. The maximum Gasteiger partial charge on any atom is 0.272 e. The molecule has 1 aromatic carbocycles. The lowest BCUT2D eigenvalue weighted by molar-refractivity contribution is 0.0942. The van der Waals surface area contributed by atoms with Crippen molar-refractivity contribution >= 4 is 5.91 Å². The lowest BCUT2D eigenvalue weighted by Gasteiger charge is -2.09. The zero-order chi connectivity index (χ0) is 14.4. The highest BCUT2D eigenvalue weighted by molar-refractivity contribution is 5.92. The number of amides is 1. The van der Waals surface area contributed by atoms with Crippen LogP contribution in [-0.4, -0.2) is 29.3 Å². The van der Waals surface area contributed by atoms with Crippen molar-refractivity contribution in [1.82, 2.24) is 15.5 Å². The summed E-state index contributed by atoms with van der Waals surface area (Å²) in [6, 6.07) is 12.0. The Morgan fingerprint density at radius 1 is 1.24 bits per heavy atom. The van der Waals surface area contributed by atoms with Gasteiger partial charge in [0.2, 0.25) is 5.88 Å². The predicted octanol–water partition coefficient (Wildman–Crippen LogP) is 1.55. The number of rotatable bonds is 3. The van der Waals surface area contributed by atoms with Crippen LogP contribution < -0.4 is 10.1 Å². The van der Waals surface area contributed by atoms with Crippen molar-refractivity contribution in [1.29, 1.82) is 0 Å². The Morgan fingerprint density at radius 3 is 2.86 bits per heavy atom. The lowest BCUT2D eigenvalue weighted by atomic mass is 10.1. The largest absolute Gasteiger partial charge is 0.480 e. The predicted molar refractivity (Wildman–Crippen MR) is 76.2 cm³/mol. The summed E-state index contributed by atoms with van der Waals surface area (Å²) in [6.07, 6.45) is 1.06. The normalized spacial score (nSPS) is 24.9. The van der Waals surface area contributed by atoms with Gasteiger partial charge in [0.15, 0.2) is 5.69 Å². The van der Waals surface area contributed by atoms with Crippen LogP contribution >= 0.6 is 0 Å². The first-order valence-corrected chi connectivity index (χ1v) is 7.04. The van der Waals surface area contributed by atoms with Crippen LogP contribution in [0.3, 0.4) is 0 Å². The van der Waals surface area contributed by atoms with Gasteiger partial charge in [0, 0.05) is 18.0 Å². The fraction of sp³-hybridized carbons (Fsp3) is 0.312. The molecule has 1 fully saturated rings. The third kappa shape index (κ3) is 1.96. The van der Waals surface area contributed by atoms with E-state index < -0.39 is 0 Å². The second kappa shape index (κ2) is 4.55. The number of benzene rings is 1. The molecule has 1 heterocycles. The summed E-state index contributed by atoms with van der Waals surface area (Å²) >= 11 is 0. The number of aromatic nitrogens is 2. The SMILES string of the molecule is COc1ccc(C(=O)NC2C3Cc4ccccc4C32)nn1. The molecule has 3 unspecified atom stereocenters. The zero-order valence-electron chi connectivity index (χ0n) is 11.6. The molecule has 1 amide bonds. The lowest BCUT2D eigenvalue weighted by Crippen LogP contribution is -2.29. The summed E-state index contributed by atoms with van der Waals surface area (Å²) in [5.74, 6) is 1.25. The second-order valence-electron chi connectivity index (χ2n) is 5.55. The van der Waals surface area contributed by atoms with E-state index in [1.54, 1.807) is 12.1 Å². The number of carbonyl (C=O) groups excluding carboxylic acids is 1. The molecule has 0 bridgehead atoms. The molecule has 2 aliphatic carbocycles. The van der Waals surface area contributed by atoms with Gasteiger partial charge in [-0.1, -0.05) is 24.3 Å². The maximum atomic E-state index is 12.2. The summed E-state index contributed by atoms with van der Waals surface area (Å²) in [5.41, 5.74) is 3.13. The molecule has 0 spiro atoms. The van der Waals surface area contributed by atoms with E-state index in [-0.39, 0.29) is 11.9 Å². The second-order valence-corrected chi connectivity index (χ2v) is 5.55. The van der Waals surface area contributed by atoms with Crippen LogP contribution in [0.15, 0.2) is 36.4 Å². The van der Waals surface area contributed by atoms with Crippen molar-refractivity contribution in [2.75, 3.05) is 7.11 Å². The number of nitrogens with zero attached hydrogens (tertiary/aromatic N) is 2. The van der Waals surface area contributed by atoms with Gasteiger partial charge < -0.3 is 10.1 Å². The number of carbonyl (C=O) groups is 1. The maximum absolute atomic E-state index is 12.2. The van der Waals surface area contributed by atoms with Gasteiger partial charge >= 0.3 is 0 Å². The van der Waals surface area contributed by atoms with Gasteiger partial charge in [0.05, 0.1) is 7.11 Å². The average Bonchev–Trinajstić information content (AvgIpc) is 3.04. The number of ether oxygens (including phenoxy) is 1. The third-order valence-electron chi connectivity index (χ3n) is 4.42. The van der Waals surface area contributed by atoms with E-state index in [4.69, 9.17) is 4.74 Å². The summed E-state index contributed by atoms with van der Waals surface area (Å²) in [4.78, 5) is 12.2. The average molecular weight is 281 g/mol. The van der Waals surface area contributed by atoms with Crippen LogP contribution in [0.2, 0.25) is 0 Å². The molecule has 5 heteroatoms. The molecular formula is C16H15N3O2. The van der Waals surface area contributed by atoms with E-state index in [0.717, 1.165) is 6.42 Å². The molecular weight excluding hydrogens is 266 g/mol. The van der Waals surface area contributed by atoms with E-state index in [1.807, 2.05) is 0 Å². The number of methoxy groups -OCH3 is 1. The molecule has 5 nitrogen and oxygen atoms in total. The molecule has 0 saturated heterocycles. The minimum absolute atomic E-state index is 0.165. The Kier molecular flexibility index (Phi) is 2.67. The zero-order valence-corrected chi connectivity index (χ0v) is 11.6. The van der Waals surface area contributed by atoms with Gasteiger partial charge in [0.25, 0.3) is 5.91 Å². The number of nitrogens with one attached hydrogen (secondary N) is 1. The van der Waals surface area contributed by atoms with Crippen LogP contribution in [0.25, 0.3) is 0 Å². The standard InChI is InChI=1S/C16H15N3O2/c1-21-13-7-6-12(18-19-13)16(20)17-15-11-8-9-4-2-3-5-10(9)14(11)15/h2-7,11,14-15H,8H2,1H3,(H,17,20). The van der Waals surface area contributed by atoms with Gasteiger partial charge in [-0.25, -0.2) is 0 Å². The summed E-state index contributed by atoms with van der Waals surface area (Å²) in [5, 5.41) is 10.8. The Morgan fingerprint density at radius 2 is 2.10 bits per heavy atom. The first-order chi connectivity index (χ1) is 10.3. The van der Waals surface area contributed by atoms with Crippen molar-refractivity contribution in [2.24, 2.45) is 5.92 Å². The van der Waals surface area contributed by atoms with Gasteiger partial charge in [-0.05, 0) is 29.5 Å². The Bertz CT molecular complexity index is 699. The fourth-order valence-electron chi connectivity index (χ4n) is 3.32. The number of fused-ring (bicyclic) bond motifs is 3. The molecule has 1 saturated carbocycles. The van der Waals surface area contributed by atoms with Crippen molar-refractivity contribution in [2.45, 2.75) is 18.4 Å². The van der Waals surface area contributed by atoms with Crippen LogP contribution in [0, 0.1) is 5.92 Å². The Balaban J connectivity index is 1.45. The van der Waals surface area contributed by atoms with Crippen molar-refractivity contribution < 1.29 is 9.53 Å². The smallest absolute Gasteiger partial charge is 0.272 e. The molecule has 4 rings (SSSR count). The van der Waals surface area contributed by atoms with E-state index >= 15 is 0 Å². The molecule has 2 aromatic rings. The van der Waals surface area contributed by atoms with Crippen molar-refractivity contribution in [3.05, 3.63) is 53.2 Å². The van der Waals surface area contributed by atoms with E-state index in [9.17, 15) is 4.79 Å². The molecule has 1 aromatic heterocycles. The van der Waals surface area contributed by atoms with Crippen molar-refractivity contribution in [3.8, 4) is 5.88 Å². The Labute approximate surface area is 122 Å². The molecule has 2 aliphatic rings. The van der Waals surface area contributed by atoms with Gasteiger partial charge in [-0.2, -0.15) is 0 Å². The summed E-state index contributed by atoms with van der Waals surface area (Å²) < 4.78 is 4.94. The summed E-state index contributed by atoms with van der Waals surface area (Å²) in [7, 11) is 1.52. The third-order valence-corrected chi connectivity index (χ3v) is 4.42. The quantitative estimate of drug-likeness (QED) is 0.927. The molecule has 3 atom stereocenters. The molecule has 1 N–H and O–H groups in total. The van der Waals surface area contributed by atoms with Crippen LogP contribution in [0.5, 0.6) is 5.88 Å². The highest BCUT2D eigenvalue weighted by atomic mass is 16.5. The van der Waals surface area contributed by atoms with Crippen LogP contribution in [0.1, 0.15) is 27.5 Å². The number of hydrogen-bond acceptors (Lipinski definition) is 4. The molecule has 21 heavy (non-hydrogen) atoms. The minimum Gasteiger partial charge on any atom is -0.480 e. The van der Waals surface area contributed by atoms with Gasteiger partial charge in [-0.3, -0.25) is 4.79 Å². The first kappa shape index (κ1) is 12.3. The highest BCUT2D eigenvalue weighted by Crippen LogP contribution is 2.56. The Hall–Kier alpha value is -2.43. The summed E-state index contributed by atoms with van der Waals surface area (Å²) in [6.45, 7) is 0. The van der Waals surface area contributed by atoms with Gasteiger partial charge in [-0.15, -0.1) is 10.2 Å². The monoisotopic (exact) mass is 281 g/mol. The van der Waals surface area contributed by atoms with Crippen LogP contribution in [0.4, 0.5) is 0 Å². The molecule has 0 radical (unpaired) electrons.